The van der Waals surface area contributed by atoms with Crippen molar-refractivity contribution in [2.75, 3.05) is 11.1 Å². The van der Waals surface area contributed by atoms with Crippen LogP contribution in [0.1, 0.15) is 11.0 Å². The first-order valence-electron chi connectivity index (χ1n) is 7.61. The van der Waals surface area contributed by atoms with E-state index in [2.05, 4.69) is 5.32 Å². The lowest BCUT2D eigenvalue weighted by Gasteiger charge is -2.09. The molecule has 1 aromatic rings. The molecule has 1 aromatic carbocycles. The van der Waals surface area contributed by atoms with Crippen molar-refractivity contribution in [3.8, 4) is 5.75 Å². The van der Waals surface area contributed by atoms with Crippen LogP contribution in [0.25, 0.3) is 0 Å². The van der Waals surface area contributed by atoms with Gasteiger partial charge in [-0.05, 0) is 18.2 Å². The van der Waals surface area contributed by atoms with E-state index in [-0.39, 0.29) is 22.1 Å². The highest BCUT2D eigenvalue weighted by Gasteiger charge is 2.38. The van der Waals surface area contributed by atoms with Gasteiger partial charge in [0.1, 0.15) is 11.8 Å². The number of benzene rings is 1. The number of thioether (sulfide) groups is 1. The summed E-state index contributed by atoms with van der Waals surface area (Å²) in [6, 6.07) is 2.84. The number of carbonyl (C=O) groups is 3. The molecule has 140 valence electrons. The molecule has 0 saturated carbocycles. The van der Waals surface area contributed by atoms with Crippen LogP contribution in [-0.2, 0) is 14.4 Å². The molecule has 0 spiro atoms. The minimum atomic E-state index is -5.08. The van der Waals surface area contributed by atoms with Gasteiger partial charge in [0.15, 0.2) is 0 Å². The standard InChI is InChI=1S/C11H14N2O4S.C2HF3O2/c1-6(14)13-7-2-3-9(15)10(4-7)18-5-8(12)11(16)17;3-2(4,5)1(6)7/h2-4,8,15H,5,12H2,1H3,(H,13,14)(H,16,17);(H,6,7)/t8-;/m1./s1/i1D3;. The molecule has 0 unspecified atom stereocenters. The van der Waals surface area contributed by atoms with E-state index < -0.39 is 36.9 Å². The molecule has 1 atom stereocenters. The molecule has 0 radical (unpaired) electrons. The third-order valence-electron chi connectivity index (χ3n) is 2.20. The van der Waals surface area contributed by atoms with Gasteiger partial charge in [-0.15, -0.1) is 11.8 Å². The number of halogens is 3. The van der Waals surface area contributed by atoms with Crippen LogP contribution in [0.15, 0.2) is 23.1 Å². The second-order valence-corrected chi connectivity index (χ2v) is 5.26. The molecule has 0 aliphatic heterocycles. The highest BCUT2D eigenvalue weighted by atomic mass is 32.2. The largest absolute Gasteiger partial charge is 0.507 e. The average molecular weight is 387 g/mol. The Morgan fingerprint density at radius 3 is 2.36 bits per heavy atom. The molecule has 8 nitrogen and oxygen atoms in total. The molecule has 0 heterocycles. The predicted molar refractivity (Wildman–Crippen MR) is 82.4 cm³/mol. The van der Waals surface area contributed by atoms with Crippen LogP contribution in [-0.4, -0.2) is 51.1 Å². The van der Waals surface area contributed by atoms with E-state index in [9.17, 15) is 27.9 Å². The molecule has 0 aliphatic rings. The van der Waals surface area contributed by atoms with Crippen molar-refractivity contribution in [2.45, 2.75) is 24.0 Å². The minimum Gasteiger partial charge on any atom is -0.507 e. The summed E-state index contributed by atoms with van der Waals surface area (Å²) in [5.74, 6) is -5.18. The number of hydrogen-bond acceptors (Lipinski definition) is 6. The topological polar surface area (TPSA) is 150 Å². The molecule has 1 rings (SSSR count). The Morgan fingerprint density at radius 1 is 1.36 bits per heavy atom. The lowest BCUT2D eigenvalue weighted by Crippen LogP contribution is -2.32. The van der Waals surface area contributed by atoms with E-state index in [1.54, 1.807) is 0 Å². The van der Waals surface area contributed by atoms with Gasteiger partial charge in [-0.2, -0.15) is 13.2 Å². The van der Waals surface area contributed by atoms with E-state index in [0.29, 0.717) is 0 Å². The van der Waals surface area contributed by atoms with E-state index in [1.807, 2.05) is 0 Å². The Kier molecular flexibility index (Phi) is 6.76. The van der Waals surface area contributed by atoms with Crippen molar-refractivity contribution < 1.29 is 47.0 Å². The predicted octanol–water partition coefficient (Wildman–Crippen LogP) is 1.49. The van der Waals surface area contributed by atoms with Crippen LogP contribution in [0.3, 0.4) is 0 Å². The SMILES string of the molecule is O=C(O)C(F)(F)F.[2H]C([2H])([2H])C(=O)Nc1ccc(O)c(SC[C@@H](N)C(=O)O)c1. The lowest BCUT2D eigenvalue weighted by atomic mass is 10.3. The number of aromatic hydroxyl groups is 1. The molecule has 0 aromatic heterocycles. The summed E-state index contributed by atoms with van der Waals surface area (Å²) in [4.78, 5) is 31.1. The van der Waals surface area contributed by atoms with E-state index in [1.165, 1.54) is 18.2 Å². The fourth-order valence-corrected chi connectivity index (χ4v) is 2.02. The van der Waals surface area contributed by atoms with Gasteiger partial charge in [0, 0.05) is 22.4 Å². The number of carboxylic acids is 2. The number of nitrogens with one attached hydrogen (secondary N) is 1. The number of phenols is 1. The van der Waals surface area contributed by atoms with E-state index >= 15 is 0 Å². The fraction of sp³-hybridized carbons (Fsp3) is 0.308. The number of hydrogen-bond donors (Lipinski definition) is 5. The second-order valence-electron chi connectivity index (χ2n) is 4.20. The van der Waals surface area contributed by atoms with Gasteiger partial charge in [0.05, 0.1) is 4.90 Å². The third kappa shape index (κ3) is 9.42. The number of aliphatic carboxylic acids is 2. The van der Waals surface area contributed by atoms with Crippen molar-refractivity contribution in [1.82, 2.24) is 0 Å². The first kappa shape index (κ1) is 17.4. The van der Waals surface area contributed by atoms with Gasteiger partial charge < -0.3 is 26.4 Å². The number of anilines is 1. The van der Waals surface area contributed by atoms with Crippen molar-refractivity contribution in [3.63, 3.8) is 0 Å². The zero-order valence-electron chi connectivity index (χ0n) is 15.2. The van der Waals surface area contributed by atoms with Gasteiger partial charge in [0.25, 0.3) is 0 Å². The summed E-state index contributed by atoms with van der Waals surface area (Å²) < 4.78 is 52.6. The smallest absolute Gasteiger partial charge is 0.490 e. The molecule has 0 fully saturated rings. The Balaban J connectivity index is 0.000000887. The Labute approximate surface area is 148 Å². The number of carbonyl (C=O) groups excluding carboxylic acids is 1. The zero-order valence-corrected chi connectivity index (χ0v) is 13.0. The first-order chi connectivity index (χ1) is 12.6. The number of carboxylic acid groups (broad SMARTS) is 2. The van der Waals surface area contributed by atoms with Crippen molar-refractivity contribution in [1.29, 1.82) is 0 Å². The fourth-order valence-electron chi connectivity index (χ4n) is 1.09. The van der Waals surface area contributed by atoms with Crippen LogP contribution < -0.4 is 11.1 Å². The Bertz CT molecular complexity index is 730. The van der Waals surface area contributed by atoms with E-state index in [4.69, 9.17) is 24.9 Å². The van der Waals surface area contributed by atoms with Gasteiger partial charge in [0.2, 0.25) is 5.91 Å². The van der Waals surface area contributed by atoms with Crippen molar-refractivity contribution >= 4 is 35.3 Å². The monoisotopic (exact) mass is 387 g/mol. The molecule has 1 amide bonds. The van der Waals surface area contributed by atoms with Crippen LogP contribution >= 0.6 is 11.8 Å². The molecule has 6 N–H and O–H groups in total. The number of alkyl halides is 3. The molecule has 0 saturated heterocycles. The van der Waals surface area contributed by atoms with Crippen LogP contribution in [0, 0.1) is 0 Å². The summed E-state index contributed by atoms with van der Waals surface area (Å²) in [6.45, 7) is -2.78. The summed E-state index contributed by atoms with van der Waals surface area (Å²) in [7, 11) is 0. The molecule has 0 aliphatic carbocycles. The average Bonchev–Trinajstić information content (AvgIpc) is 2.53. The number of nitrogens with two attached hydrogens (primary N) is 1. The van der Waals surface area contributed by atoms with Gasteiger partial charge in [-0.1, -0.05) is 0 Å². The van der Waals surface area contributed by atoms with Crippen LogP contribution in [0.5, 0.6) is 5.75 Å². The highest BCUT2D eigenvalue weighted by Crippen LogP contribution is 2.31. The zero-order chi connectivity index (χ0) is 22.3. The first-order valence-corrected chi connectivity index (χ1v) is 7.10. The van der Waals surface area contributed by atoms with E-state index in [0.717, 1.165) is 11.8 Å². The van der Waals surface area contributed by atoms with Gasteiger partial charge in [-0.3, -0.25) is 9.59 Å². The van der Waals surface area contributed by atoms with Crippen molar-refractivity contribution in [2.24, 2.45) is 5.73 Å². The summed E-state index contributed by atoms with van der Waals surface area (Å²) in [5, 5.41) is 27.6. The molecule has 0 bridgehead atoms. The Hall–Kier alpha value is -2.47. The summed E-state index contributed by atoms with van der Waals surface area (Å²) >= 11 is 0.984. The molecular weight excluding hydrogens is 369 g/mol. The maximum atomic E-state index is 11.3. The van der Waals surface area contributed by atoms with Crippen molar-refractivity contribution in [3.05, 3.63) is 18.2 Å². The van der Waals surface area contributed by atoms with Gasteiger partial charge >= 0.3 is 18.1 Å². The van der Waals surface area contributed by atoms with Crippen LogP contribution in [0.2, 0.25) is 0 Å². The molecule has 12 heteroatoms. The normalized spacial score (nSPS) is 14.0. The lowest BCUT2D eigenvalue weighted by molar-refractivity contribution is -0.192. The number of rotatable bonds is 5. The summed E-state index contributed by atoms with van der Waals surface area (Å²) in [6.07, 6.45) is -5.08. The highest BCUT2D eigenvalue weighted by molar-refractivity contribution is 7.99. The molecular formula is C13H15F3N2O6S. The molecule has 25 heavy (non-hydrogen) atoms. The maximum absolute atomic E-state index is 11.3. The van der Waals surface area contributed by atoms with Gasteiger partial charge in [-0.25, -0.2) is 4.79 Å². The maximum Gasteiger partial charge on any atom is 0.490 e. The number of phenolic OH excluding ortho intramolecular Hbond substituents is 1. The Morgan fingerprint density at radius 2 is 1.92 bits per heavy atom. The minimum absolute atomic E-state index is 0.0135. The third-order valence-corrected chi connectivity index (χ3v) is 3.36. The van der Waals surface area contributed by atoms with Crippen LogP contribution in [0.4, 0.5) is 18.9 Å². The number of amides is 1. The summed E-state index contributed by atoms with van der Waals surface area (Å²) in [5.41, 5.74) is 5.52. The second kappa shape index (κ2) is 9.74. The quantitative estimate of drug-likeness (QED) is 0.377.